The van der Waals surface area contributed by atoms with Crippen molar-refractivity contribution in [3.05, 3.63) is 28.5 Å². The Morgan fingerprint density at radius 2 is 2.33 bits per heavy atom. The molecule has 1 aromatic heterocycles. The number of hydrogen-bond acceptors (Lipinski definition) is 2. The summed E-state index contributed by atoms with van der Waals surface area (Å²) in [5.41, 5.74) is 0.790. The molecule has 1 rings (SSSR count). The number of nitrogens with zero attached hydrogens (tertiary/aromatic N) is 1. The van der Waals surface area contributed by atoms with E-state index in [2.05, 4.69) is 26.2 Å². The van der Waals surface area contributed by atoms with Crippen LogP contribution in [0.3, 0.4) is 0 Å². The van der Waals surface area contributed by atoms with Crippen molar-refractivity contribution < 1.29 is 4.79 Å². The molecule has 0 saturated carbocycles. The van der Waals surface area contributed by atoms with Crippen LogP contribution >= 0.6 is 15.9 Å². The molecular weight excluding hydrogens is 256 g/mol. The van der Waals surface area contributed by atoms with E-state index >= 15 is 0 Å². The molecule has 4 heteroatoms. The molecule has 1 unspecified atom stereocenters. The van der Waals surface area contributed by atoms with Crippen molar-refractivity contribution in [2.45, 2.75) is 26.2 Å². The molecule has 1 amide bonds. The van der Waals surface area contributed by atoms with Gasteiger partial charge in [0.1, 0.15) is 4.60 Å². The Kier molecular flexibility index (Phi) is 4.75. The second kappa shape index (κ2) is 5.85. The average Bonchev–Trinajstić information content (AvgIpc) is 2.24. The maximum Gasteiger partial charge on any atom is 0.228 e. The molecule has 0 aliphatic carbocycles. The molecule has 1 atom stereocenters. The Labute approximate surface area is 98.4 Å². The fourth-order valence-corrected chi connectivity index (χ4v) is 1.56. The van der Waals surface area contributed by atoms with Gasteiger partial charge in [-0.2, -0.15) is 0 Å². The fourth-order valence-electron chi connectivity index (χ4n) is 1.20. The molecule has 0 aromatic carbocycles. The van der Waals surface area contributed by atoms with E-state index in [0.29, 0.717) is 0 Å². The maximum absolute atomic E-state index is 11.6. The van der Waals surface area contributed by atoms with Crippen molar-refractivity contribution in [3.8, 4) is 0 Å². The third-order valence-electron chi connectivity index (χ3n) is 2.12. The Bertz CT molecular complexity index is 341. The van der Waals surface area contributed by atoms with Gasteiger partial charge < -0.3 is 5.32 Å². The molecular formula is C11H15BrN2O. The molecule has 0 bridgehead atoms. The highest BCUT2D eigenvalue weighted by molar-refractivity contribution is 9.10. The zero-order chi connectivity index (χ0) is 11.3. The van der Waals surface area contributed by atoms with Gasteiger partial charge in [-0.1, -0.05) is 13.0 Å². The van der Waals surface area contributed by atoms with Crippen LogP contribution in [0.15, 0.2) is 22.8 Å². The van der Waals surface area contributed by atoms with E-state index in [1.165, 1.54) is 0 Å². The molecule has 0 spiro atoms. The van der Waals surface area contributed by atoms with E-state index in [0.717, 1.165) is 23.3 Å². The normalized spacial score (nSPS) is 12.2. The zero-order valence-electron chi connectivity index (χ0n) is 8.96. The fraction of sp³-hybridized carbons (Fsp3) is 0.455. The Balaban J connectivity index is 2.67. The van der Waals surface area contributed by atoms with Crippen molar-refractivity contribution in [2.24, 2.45) is 0 Å². The third-order valence-corrected chi connectivity index (χ3v) is 2.56. The van der Waals surface area contributed by atoms with Gasteiger partial charge in [0.15, 0.2) is 0 Å². The molecule has 0 saturated heterocycles. The van der Waals surface area contributed by atoms with Crippen molar-refractivity contribution >= 4 is 21.8 Å². The SMILES string of the molecule is CCCNC(=O)C(C)c1cccc(Br)n1. The van der Waals surface area contributed by atoms with Crippen LogP contribution in [0.1, 0.15) is 31.9 Å². The number of carbonyl (C=O) groups is 1. The van der Waals surface area contributed by atoms with E-state index in [4.69, 9.17) is 0 Å². The lowest BCUT2D eigenvalue weighted by Crippen LogP contribution is -2.28. The number of carbonyl (C=O) groups excluding carboxylic acids is 1. The van der Waals surface area contributed by atoms with Crippen LogP contribution in [0, 0.1) is 0 Å². The topological polar surface area (TPSA) is 42.0 Å². The van der Waals surface area contributed by atoms with Crippen LogP contribution in [0.2, 0.25) is 0 Å². The van der Waals surface area contributed by atoms with Crippen LogP contribution in [-0.4, -0.2) is 17.4 Å². The second-order valence-corrected chi connectivity index (χ2v) is 4.21. The van der Waals surface area contributed by atoms with Gasteiger partial charge >= 0.3 is 0 Å². The van der Waals surface area contributed by atoms with Gasteiger partial charge in [-0.05, 0) is 41.4 Å². The van der Waals surface area contributed by atoms with Crippen LogP contribution in [0.4, 0.5) is 0 Å². The second-order valence-electron chi connectivity index (χ2n) is 3.40. The summed E-state index contributed by atoms with van der Waals surface area (Å²) in [5, 5.41) is 2.86. The van der Waals surface area contributed by atoms with Gasteiger partial charge in [0, 0.05) is 6.54 Å². The van der Waals surface area contributed by atoms with Gasteiger partial charge in [-0.15, -0.1) is 0 Å². The summed E-state index contributed by atoms with van der Waals surface area (Å²) in [6.07, 6.45) is 0.949. The first kappa shape index (κ1) is 12.2. The highest BCUT2D eigenvalue weighted by atomic mass is 79.9. The van der Waals surface area contributed by atoms with Gasteiger partial charge in [-0.25, -0.2) is 4.98 Å². The third kappa shape index (κ3) is 3.63. The number of pyridine rings is 1. The van der Waals surface area contributed by atoms with E-state index in [-0.39, 0.29) is 11.8 Å². The van der Waals surface area contributed by atoms with Crippen LogP contribution in [0.5, 0.6) is 0 Å². The minimum absolute atomic E-state index is 0.0300. The van der Waals surface area contributed by atoms with Crippen molar-refractivity contribution in [1.29, 1.82) is 0 Å². The minimum atomic E-state index is -0.200. The largest absolute Gasteiger partial charge is 0.356 e. The van der Waals surface area contributed by atoms with Crippen LogP contribution in [0.25, 0.3) is 0 Å². The zero-order valence-corrected chi connectivity index (χ0v) is 10.5. The van der Waals surface area contributed by atoms with E-state index in [9.17, 15) is 4.79 Å². The first-order valence-corrected chi connectivity index (χ1v) is 5.84. The lowest BCUT2D eigenvalue weighted by Gasteiger charge is -2.11. The highest BCUT2D eigenvalue weighted by Crippen LogP contribution is 2.15. The number of nitrogens with one attached hydrogen (secondary N) is 1. The first-order valence-electron chi connectivity index (χ1n) is 5.05. The van der Waals surface area contributed by atoms with Crippen molar-refractivity contribution in [1.82, 2.24) is 10.3 Å². The maximum atomic E-state index is 11.6. The van der Waals surface area contributed by atoms with Gasteiger partial charge in [0.05, 0.1) is 11.6 Å². The molecule has 0 radical (unpaired) electrons. The lowest BCUT2D eigenvalue weighted by atomic mass is 10.1. The summed E-state index contributed by atoms with van der Waals surface area (Å²) >= 11 is 3.29. The summed E-state index contributed by atoms with van der Waals surface area (Å²) < 4.78 is 0.759. The summed E-state index contributed by atoms with van der Waals surface area (Å²) in [6.45, 7) is 4.61. The van der Waals surface area contributed by atoms with E-state index < -0.39 is 0 Å². The smallest absolute Gasteiger partial charge is 0.228 e. The van der Waals surface area contributed by atoms with Gasteiger partial charge in [0.25, 0.3) is 0 Å². The Morgan fingerprint density at radius 3 is 2.93 bits per heavy atom. The van der Waals surface area contributed by atoms with Crippen LogP contribution in [-0.2, 0) is 4.79 Å². The Morgan fingerprint density at radius 1 is 1.60 bits per heavy atom. The number of aromatic nitrogens is 1. The van der Waals surface area contributed by atoms with Gasteiger partial charge in [-0.3, -0.25) is 4.79 Å². The predicted molar refractivity (Wildman–Crippen MR) is 63.7 cm³/mol. The molecule has 82 valence electrons. The molecule has 0 aliphatic heterocycles. The quantitative estimate of drug-likeness (QED) is 0.855. The van der Waals surface area contributed by atoms with Crippen LogP contribution < -0.4 is 5.32 Å². The molecule has 15 heavy (non-hydrogen) atoms. The standard InChI is InChI=1S/C11H15BrN2O/c1-3-7-13-11(15)8(2)9-5-4-6-10(12)14-9/h4-6,8H,3,7H2,1-2H3,(H,13,15). The predicted octanol–water partition coefficient (Wildman–Crippen LogP) is 2.47. The molecule has 0 fully saturated rings. The van der Waals surface area contributed by atoms with Crippen molar-refractivity contribution in [3.63, 3.8) is 0 Å². The minimum Gasteiger partial charge on any atom is -0.356 e. The summed E-state index contributed by atoms with van der Waals surface area (Å²) in [7, 11) is 0. The number of halogens is 1. The van der Waals surface area contributed by atoms with Gasteiger partial charge in [0.2, 0.25) is 5.91 Å². The number of rotatable bonds is 4. The molecule has 1 N–H and O–H groups in total. The lowest BCUT2D eigenvalue weighted by molar-refractivity contribution is -0.122. The Hall–Kier alpha value is -0.900. The number of hydrogen-bond donors (Lipinski definition) is 1. The molecule has 3 nitrogen and oxygen atoms in total. The molecule has 1 heterocycles. The monoisotopic (exact) mass is 270 g/mol. The molecule has 1 aromatic rings. The summed E-state index contributed by atoms with van der Waals surface area (Å²) in [5.74, 6) is -0.170. The number of amides is 1. The van der Waals surface area contributed by atoms with E-state index in [1.807, 2.05) is 32.0 Å². The molecule has 0 aliphatic rings. The van der Waals surface area contributed by atoms with E-state index in [1.54, 1.807) is 0 Å². The summed E-state index contributed by atoms with van der Waals surface area (Å²) in [6, 6.07) is 5.59. The summed E-state index contributed by atoms with van der Waals surface area (Å²) in [4.78, 5) is 15.9. The average molecular weight is 271 g/mol. The first-order chi connectivity index (χ1) is 7.15. The van der Waals surface area contributed by atoms with Crippen molar-refractivity contribution in [2.75, 3.05) is 6.54 Å². The highest BCUT2D eigenvalue weighted by Gasteiger charge is 2.15.